The average Bonchev–Trinajstić information content (AvgIpc) is 2.09. The summed E-state index contributed by atoms with van der Waals surface area (Å²) in [5, 5.41) is 17.9. The molecule has 0 bridgehead atoms. The van der Waals surface area contributed by atoms with Crippen molar-refractivity contribution in [2.45, 2.75) is 26.7 Å². The third-order valence-corrected chi connectivity index (χ3v) is 2.52. The first-order valence-electron chi connectivity index (χ1n) is 4.88. The van der Waals surface area contributed by atoms with Gasteiger partial charge in [-0.25, -0.2) is 0 Å². The van der Waals surface area contributed by atoms with Gasteiger partial charge in [0.1, 0.15) is 0 Å². The summed E-state index contributed by atoms with van der Waals surface area (Å²) >= 11 is 0. The number of aliphatic carboxylic acids is 2. The molecule has 0 amide bonds. The Hall–Kier alpha value is -1.24. The maximum atomic E-state index is 10.9. The molecule has 0 radical (unpaired) electrons. The molecular formula is C12H15LiO4. The average molecular weight is 230 g/mol. The van der Waals surface area contributed by atoms with Crippen LogP contribution in [0.4, 0.5) is 0 Å². The van der Waals surface area contributed by atoms with Crippen LogP contribution in [0.5, 0.6) is 0 Å². The summed E-state index contributed by atoms with van der Waals surface area (Å²) < 4.78 is 0. The van der Waals surface area contributed by atoms with Gasteiger partial charge in [-0.3, -0.25) is 9.59 Å². The molecule has 4 nitrogen and oxygen atoms in total. The summed E-state index contributed by atoms with van der Waals surface area (Å²) in [5.74, 6) is -4.15. The standard InChI is InChI=1S/C12H14O4.Li.H/c1-6-4-7(2)9(8(3)5-6)10(11(13)14)12(15)16;;/h4-5,10H,1-3H3,(H,13,14)(H,15,16);;/q;+1;-1. The van der Waals surface area contributed by atoms with Crippen LogP contribution in [0.3, 0.4) is 0 Å². The zero-order valence-electron chi connectivity index (χ0n) is 11.4. The van der Waals surface area contributed by atoms with Crippen LogP contribution in [0.1, 0.15) is 29.6 Å². The monoisotopic (exact) mass is 230 g/mol. The molecule has 1 rings (SSSR count). The second-order valence-corrected chi connectivity index (χ2v) is 3.92. The Labute approximate surface area is 113 Å². The molecule has 1 aromatic rings. The minimum atomic E-state index is -1.49. The van der Waals surface area contributed by atoms with Gasteiger partial charge in [-0.15, -0.1) is 0 Å². The van der Waals surface area contributed by atoms with E-state index in [0.717, 1.165) is 5.56 Å². The molecule has 0 heterocycles. The number of rotatable bonds is 3. The van der Waals surface area contributed by atoms with Crippen molar-refractivity contribution in [1.82, 2.24) is 0 Å². The van der Waals surface area contributed by atoms with Crippen LogP contribution >= 0.6 is 0 Å². The van der Waals surface area contributed by atoms with E-state index >= 15 is 0 Å². The second-order valence-electron chi connectivity index (χ2n) is 3.92. The quantitative estimate of drug-likeness (QED) is 0.515. The molecule has 88 valence electrons. The van der Waals surface area contributed by atoms with Crippen molar-refractivity contribution in [3.05, 3.63) is 34.4 Å². The van der Waals surface area contributed by atoms with Crippen molar-refractivity contribution in [3.63, 3.8) is 0 Å². The number of benzene rings is 1. The zero-order chi connectivity index (χ0) is 12.5. The van der Waals surface area contributed by atoms with E-state index in [9.17, 15) is 9.59 Å². The van der Waals surface area contributed by atoms with Gasteiger partial charge in [-0.05, 0) is 37.5 Å². The van der Waals surface area contributed by atoms with Crippen LogP contribution in [0.15, 0.2) is 12.1 Å². The van der Waals surface area contributed by atoms with Crippen LogP contribution in [0.25, 0.3) is 0 Å². The number of carbonyl (C=O) groups is 2. The molecule has 0 fully saturated rings. The largest absolute Gasteiger partial charge is 1.00 e. The molecule has 0 spiro atoms. The number of hydrogen-bond donors (Lipinski definition) is 2. The summed E-state index contributed by atoms with van der Waals surface area (Å²) in [7, 11) is 0. The van der Waals surface area contributed by atoms with Crippen LogP contribution in [-0.2, 0) is 9.59 Å². The van der Waals surface area contributed by atoms with Gasteiger partial charge in [0.15, 0.2) is 5.92 Å². The molecule has 2 N–H and O–H groups in total. The fourth-order valence-corrected chi connectivity index (χ4v) is 2.00. The molecule has 5 heteroatoms. The van der Waals surface area contributed by atoms with Crippen molar-refractivity contribution in [3.8, 4) is 0 Å². The molecule has 1 aromatic carbocycles. The molecule has 0 aliphatic heterocycles. The van der Waals surface area contributed by atoms with Gasteiger partial charge < -0.3 is 11.6 Å². The van der Waals surface area contributed by atoms with E-state index < -0.39 is 17.9 Å². The Morgan fingerprint density at radius 1 is 1.06 bits per heavy atom. The molecule has 0 atom stereocenters. The summed E-state index contributed by atoms with van der Waals surface area (Å²) in [4.78, 5) is 21.9. The molecule has 0 saturated carbocycles. The Balaban J connectivity index is 0. The minimum Gasteiger partial charge on any atom is -1.00 e. The van der Waals surface area contributed by atoms with Crippen molar-refractivity contribution >= 4 is 11.9 Å². The van der Waals surface area contributed by atoms with Crippen LogP contribution < -0.4 is 18.9 Å². The van der Waals surface area contributed by atoms with Gasteiger partial charge in [-0.1, -0.05) is 17.7 Å². The number of carboxylic acids is 2. The van der Waals surface area contributed by atoms with Gasteiger partial charge in [0.2, 0.25) is 0 Å². The first-order chi connectivity index (χ1) is 7.34. The smallest absolute Gasteiger partial charge is 1.00 e. The van der Waals surface area contributed by atoms with E-state index in [4.69, 9.17) is 10.2 Å². The maximum Gasteiger partial charge on any atom is 1.00 e. The topological polar surface area (TPSA) is 74.6 Å². The molecule has 0 aliphatic rings. The summed E-state index contributed by atoms with van der Waals surface area (Å²) in [6, 6.07) is 3.59. The SMILES string of the molecule is Cc1cc(C)c(C(C(=O)O)C(=O)O)c(C)c1.[H-].[Li+]. The molecule has 17 heavy (non-hydrogen) atoms. The van der Waals surface area contributed by atoms with Gasteiger partial charge in [0.25, 0.3) is 0 Å². The van der Waals surface area contributed by atoms with E-state index in [-0.39, 0.29) is 20.3 Å². The molecule has 0 aromatic heterocycles. The van der Waals surface area contributed by atoms with Crippen molar-refractivity contribution in [2.75, 3.05) is 0 Å². The van der Waals surface area contributed by atoms with Gasteiger partial charge in [-0.2, -0.15) is 0 Å². The fraction of sp³-hybridized carbons (Fsp3) is 0.333. The third kappa shape index (κ3) is 3.35. The summed E-state index contributed by atoms with van der Waals surface area (Å²) in [6.45, 7) is 5.35. The Morgan fingerprint density at radius 2 is 1.41 bits per heavy atom. The van der Waals surface area contributed by atoms with E-state index in [2.05, 4.69) is 0 Å². The molecular weight excluding hydrogens is 215 g/mol. The summed E-state index contributed by atoms with van der Waals surface area (Å²) in [5.41, 5.74) is 2.78. The number of carboxylic acid groups (broad SMARTS) is 2. The second kappa shape index (κ2) is 5.90. The maximum absolute atomic E-state index is 10.9. The fourth-order valence-electron chi connectivity index (χ4n) is 2.00. The molecule has 0 saturated heterocycles. The van der Waals surface area contributed by atoms with E-state index in [0.29, 0.717) is 16.7 Å². The van der Waals surface area contributed by atoms with E-state index in [1.807, 2.05) is 6.92 Å². The van der Waals surface area contributed by atoms with Crippen molar-refractivity contribution in [2.24, 2.45) is 0 Å². The van der Waals surface area contributed by atoms with Gasteiger partial charge in [0.05, 0.1) is 0 Å². The zero-order valence-corrected chi connectivity index (χ0v) is 10.4. The molecule has 0 aliphatic carbocycles. The normalized spacial score (nSPS) is 9.88. The first-order valence-corrected chi connectivity index (χ1v) is 4.88. The van der Waals surface area contributed by atoms with Crippen LogP contribution in [-0.4, -0.2) is 22.2 Å². The van der Waals surface area contributed by atoms with Crippen molar-refractivity contribution < 1.29 is 40.1 Å². The minimum absolute atomic E-state index is 0. The van der Waals surface area contributed by atoms with E-state index in [1.165, 1.54) is 0 Å². The Kier molecular flexibility index (Phi) is 5.47. The van der Waals surface area contributed by atoms with E-state index in [1.54, 1.807) is 26.0 Å². The van der Waals surface area contributed by atoms with Gasteiger partial charge >= 0.3 is 30.8 Å². The number of aryl methyl sites for hydroxylation is 3. The summed E-state index contributed by atoms with van der Waals surface area (Å²) in [6.07, 6.45) is 0. The first kappa shape index (κ1) is 15.8. The predicted octanol–water partition coefficient (Wildman–Crippen LogP) is -1.02. The van der Waals surface area contributed by atoms with Crippen LogP contribution in [0, 0.1) is 20.8 Å². The number of hydrogen-bond acceptors (Lipinski definition) is 2. The van der Waals surface area contributed by atoms with Crippen LogP contribution in [0.2, 0.25) is 0 Å². The third-order valence-electron chi connectivity index (χ3n) is 2.52. The van der Waals surface area contributed by atoms with Crippen molar-refractivity contribution in [1.29, 1.82) is 0 Å². The molecule has 0 unspecified atom stereocenters. The Morgan fingerprint density at radius 3 is 1.71 bits per heavy atom. The predicted molar refractivity (Wildman–Crippen MR) is 59.8 cm³/mol. The Bertz CT molecular complexity index is 422. The van der Waals surface area contributed by atoms with Gasteiger partial charge in [0, 0.05) is 0 Å².